The summed E-state index contributed by atoms with van der Waals surface area (Å²) in [4.78, 5) is 37.6. The maximum Gasteiger partial charge on any atom is 0.361 e. The molecule has 0 amide bonds. The number of nitrogens with zero attached hydrogens (tertiary/aromatic N) is 1. The van der Waals surface area contributed by atoms with Gasteiger partial charge in [-0.1, -0.05) is 264 Å². The van der Waals surface area contributed by atoms with Gasteiger partial charge in [-0.3, -0.25) is 9.59 Å². The second-order valence-corrected chi connectivity index (χ2v) is 23.0. The van der Waals surface area contributed by atoms with Crippen molar-refractivity contribution < 1.29 is 42.9 Å². The van der Waals surface area contributed by atoms with Crippen LogP contribution < -0.4 is 0 Å². The average Bonchev–Trinajstić information content (AvgIpc) is 3.44. The molecule has 0 radical (unpaired) electrons. The van der Waals surface area contributed by atoms with Crippen LogP contribution in [0.2, 0.25) is 0 Å². The van der Waals surface area contributed by atoms with Gasteiger partial charge in [0, 0.05) is 12.8 Å². The van der Waals surface area contributed by atoms with Crippen molar-refractivity contribution in [1.29, 1.82) is 0 Å². The quantitative estimate of drug-likeness (QED) is 0.0211. The summed E-state index contributed by atoms with van der Waals surface area (Å²) in [6.45, 7) is 4.74. The van der Waals surface area contributed by atoms with Crippen molar-refractivity contribution in [3.63, 3.8) is 0 Å². The zero-order valence-electron chi connectivity index (χ0n) is 52.9. The normalized spacial score (nSPS) is 13.4. The van der Waals surface area contributed by atoms with Crippen LogP contribution in [-0.2, 0) is 33.3 Å². The number of hydrogen-bond donors (Lipinski definition) is 1. The van der Waals surface area contributed by atoms with Crippen molar-refractivity contribution >= 4 is 17.9 Å². The Kier molecular flexibility index (Phi) is 58.9. The summed E-state index contributed by atoms with van der Waals surface area (Å²) in [5.74, 6) is -2.03. The first-order chi connectivity index (χ1) is 39.6. The Morgan fingerprint density at radius 2 is 0.704 bits per heavy atom. The number of carbonyl (C=O) groups excluding carboxylic acids is 2. The van der Waals surface area contributed by atoms with E-state index in [1.165, 1.54) is 135 Å². The Bertz CT molecular complexity index is 1700. The number of likely N-dealkylation sites (N-methyl/N-ethyl adjacent to an activating group) is 1. The zero-order valence-corrected chi connectivity index (χ0v) is 52.9. The Labute approximate surface area is 498 Å². The summed E-state index contributed by atoms with van der Waals surface area (Å²) in [6.07, 6.45) is 83.3. The van der Waals surface area contributed by atoms with Crippen molar-refractivity contribution in [1.82, 2.24) is 0 Å². The largest absolute Gasteiger partial charge is 0.477 e. The third kappa shape index (κ3) is 63.4. The standard InChI is InChI=1S/C72H123NO8/c1-6-8-10-12-14-16-18-20-22-24-26-28-30-32-34-35-37-38-40-42-44-46-48-50-52-54-56-58-60-62-69(74)79-66-68(67-80-72(71(76)77)78-65-64-73(3,4)5)81-70(75)63-61-59-57-55-53-51-49-47-45-43-41-39-36-33-31-29-27-25-23-21-19-17-15-13-11-9-7-2/h9,11,15,17-18,20-21,23-24,26-27,29,33,36,41,43,47,49,68,72H,6-8,10,12-14,16,19,22,25,28,30-32,34-35,37-40,42,44-46,48,50-67H2,1-5H3/p+1/b11-9-,17-15-,20-18-,23-21-,26-24-,29-27-,36-33-,43-41-,49-47-. The number of carboxylic acid groups (broad SMARTS) is 1. The molecule has 464 valence electrons. The molecule has 0 aromatic heterocycles. The maximum atomic E-state index is 12.9. The Morgan fingerprint density at radius 1 is 0.383 bits per heavy atom. The van der Waals surface area contributed by atoms with E-state index in [2.05, 4.69) is 123 Å². The van der Waals surface area contributed by atoms with E-state index in [0.29, 0.717) is 23.9 Å². The molecule has 0 heterocycles. The lowest BCUT2D eigenvalue weighted by Crippen LogP contribution is -2.40. The van der Waals surface area contributed by atoms with E-state index in [1.54, 1.807) is 0 Å². The second kappa shape index (κ2) is 62.0. The van der Waals surface area contributed by atoms with Gasteiger partial charge in [-0.2, -0.15) is 0 Å². The monoisotopic (exact) mass is 1130 g/mol. The van der Waals surface area contributed by atoms with Crippen LogP contribution in [0.25, 0.3) is 0 Å². The molecule has 9 nitrogen and oxygen atoms in total. The number of aliphatic carboxylic acids is 1. The predicted molar refractivity (Wildman–Crippen MR) is 345 cm³/mol. The highest BCUT2D eigenvalue weighted by atomic mass is 16.7. The summed E-state index contributed by atoms with van der Waals surface area (Å²) in [7, 11) is 5.96. The number of carbonyl (C=O) groups is 3. The fraction of sp³-hybridized carbons (Fsp3) is 0.708. The second-order valence-electron chi connectivity index (χ2n) is 23.0. The van der Waals surface area contributed by atoms with E-state index in [-0.39, 0.29) is 32.2 Å². The van der Waals surface area contributed by atoms with Gasteiger partial charge in [-0.15, -0.1) is 0 Å². The van der Waals surface area contributed by atoms with E-state index >= 15 is 0 Å². The van der Waals surface area contributed by atoms with Crippen LogP contribution in [0, 0.1) is 0 Å². The number of hydrogen-bond acceptors (Lipinski definition) is 7. The first-order valence-electron chi connectivity index (χ1n) is 33.1. The van der Waals surface area contributed by atoms with Gasteiger partial charge in [-0.05, 0) is 103 Å². The molecule has 0 aliphatic heterocycles. The molecule has 2 unspecified atom stereocenters. The van der Waals surface area contributed by atoms with Gasteiger partial charge in [0.05, 0.1) is 34.4 Å². The first-order valence-corrected chi connectivity index (χ1v) is 33.1. The van der Waals surface area contributed by atoms with Crippen LogP contribution in [0.15, 0.2) is 109 Å². The summed E-state index contributed by atoms with van der Waals surface area (Å²) >= 11 is 0. The Balaban J connectivity index is 4.21. The van der Waals surface area contributed by atoms with E-state index in [0.717, 1.165) is 103 Å². The first kappa shape index (κ1) is 77.0. The average molecular weight is 1130 g/mol. The molecule has 0 aliphatic rings. The summed E-state index contributed by atoms with van der Waals surface area (Å²) in [5.41, 5.74) is 0. The van der Waals surface area contributed by atoms with E-state index < -0.39 is 24.3 Å². The molecule has 9 heteroatoms. The molecular formula is C72H124NO8+. The van der Waals surface area contributed by atoms with Gasteiger partial charge in [0.25, 0.3) is 6.29 Å². The molecule has 81 heavy (non-hydrogen) atoms. The van der Waals surface area contributed by atoms with Crippen molar-refractivity contribution in [3.05, 3.63) is 109 Å². The SMILES string of the molecule is CC/C=C\C/C=C\C/C=C\C/C=C\C/C=C\C/C=C\C/C=C\CCCCCCCC(=O)OC(COC(=O)CCCCCCCCCCCCCCCCCCC/C=C\C/C=C\CCCCCCC)COC(OCC[N+](C)(C)C)C(=O)O. The molecule has 0 aliphatic carbocycles. The van der Waals surface area contributed by atoms with Gasteiger partial charge in [0.2, 0.25) is 0 Å². The smallest absolute Gasteiger partial charge is 0.361 e. The molecule has 0 saturated heterocycles. The number of ether oxygens (including phenoxy) is 4. The predicted octanol–water partition coefficient (Wildman–Crippen LogP) is 20.2. The van der Waals surface area contributed by atoms with Gasteiger partial charge >= 0.3 is 17.9 Å². The molecule has 0 aromatic carbocycles. The highest BCUT2D eigenvalue weighted by Gasteiger charge is 2.25. The molecule has 0 bridgehead atoms. The fourth-order valence-electron chi connectivity index (χ4n) is 8.97. The molecule has 0 rings (SSSR count). The van der Waals surface area contributed by atoms with Crippen molar-refractivity contribution in [2.24, 2.45) is 0 Å². The lowest BCUT2D eigenvalue weighted by Gasteiger charge is -2.25. The lowest BCUT2D eigenvalue weighted by atomic mass is 10.0. The molecule has 1 N–H and O–H groups in total. The molecule has 0 fully saturated rings. The number of carboxylic acids is 1. The van der Waals surface area contributed by atoms with Gasteiger partial charge in [-0.25, -0.2) is 4.79 Å². The third-order valence-corrected chi connectivity index (χ3v) is 14.0. The van der Waals surface area contributed by atoms with Crippen LogP contribution >= 0.6 is 0 Å². The number of quaternary nitrogens is 1. The number of esters is 2. The van der Waals surface area contributed by atoms with Crippen LogP contribution in [0.1, 0.15) is 271 Å². The third-order valence-electron chi connectivity index (χ3n) is 14.0. The summed E-state index contributed by atoms with van der Waals surface area (Å²) in [5, 5.41) is 9.73. The van der Waals surface area contributed by atoms with Crippen molar-refractivity contribution in [2.75, 3.05) is 47.5 Å². The van der Waals surface area contributed by atoms with Crippen LogP contribution in [0.4, 0.5) is 0 Å². The molecule has 0 saturated carbocycles. The number of rotatable bonds is 60. The molecule has 0 spiro atoms. The maximum absolute atomic E-state index is 12.9. The summed E-state index contributed by atoms with van der Waals surface area (Å²) < 4.78 is 22.9. The molecule has 0 aromatic rings. The molecule has 2 atom stereocenters. The van der Waals surface area contributed by atoms with E-state index in [4.69, 9.17) is 18.9 Å². The lowest BCUT2D eigenvalue weighted by molar-refractivity contribution is -0.870. The highest BCUT2D eigenvalue weighted by molar-refractivity contribution is 5.71. The number of unbranched alkanes of at least 4 members (excludes halogenated alkanes) is 27. The minimum absolute atomic E-state index is 0.179. The summed E-state index contributed by atoms with van der Waals surface area (Å²) in [6, 6.07) is 0. The minimum atomic E-state index is -1.52. The topological polar surface area (TPSA) is 108 Å². The van der Waals surface area contributed by atoms with E-state index in [9.17, 15) is 19.5 Å². The van der Waals surface area contributed by atoms with Crippen molar-refractivity contribution in [2.45, 2.75) is 283 Å². The van der Waals surface area contributed by atoms with Gasteiger partial charge < -0.3 is 28.5 Å². The van der Waals surface area contributed by atoms with Crippen LogP contribution in [0.3, 0.4) is 0 Å². The van der Waals surface area contributed by atoms with Gasteiger partial charge in [0.15, 0.2) is 6.10 Å². The zero-order chi connectivity index (χ0) is 59.1. The Morgan fingerprint density at radius 3 is 1.05 bits per heavy atom. The van der Waals surface area contributed by atoms with Gasteiger partial charge in [0.1, 0.15) is 13.2 Å². The Hall–Kier alpha value is -4.05. The highest BCUT2D eigenvalue weighted by Crippen LogP contribution is 2.16. The van der Waals surface area contributed by atoms with E-state index in [1.807, 2.05) is 21.1 Å². The minimum Gasteiger partial charge on any atom is -0.477 e. The van der Waals surface area contributed by atoms with Crippen LogP contribution in [0.5, 0.6) is 0 Å². The fourth-order valence-corrected chi connectivity index (χ4v) is 8.97. The number of allylic oxidation sites excluding steroid dienone is 18. The van der Waals surface area contributed by atoms with Crippen LogP contribution in [-0.4, -0.2) is 87.4 Å². The molecular weight excluding hydrogens is 1010 g/mol. The van der Waals surface area contributed by atoms with Crippen molar-refractivity contribution in [3.8, 4) is 0 Å².